The van der Waals surface area contributed by atoms with Crippen LogP contribution in [0.3, 0.4) is 0 Å². The maximum absolute atomic E-state index is 11.1. The SMILES string of the molecule is C=CC(=O)OCCC[Si]1(C)O[Si](C)(CCC)O[Si](C)(CCC)O1. The Hall–Kier alpha value is -0.259. The zero-order chi connectivity index (χ0) is 17.6. The van der Waals surface area contributed by atoms with Crippen molar-refractivity contribution in [3.05, 3.63) is 12.7 Å². The molecule has 1 aliphatic rings. The van der Waals surface area contributed by atoms with Crippen molar-refractivity contribution in [1.82, 2.24) is 0 Å². The summed E-state index contributed by atoms with van der Waals surface area (Å²) < 4.78 is 24.5. The van der Waals surface area contributed by atoms with Gasteiger partial charge >= 0.3 is 31.7 Å². The highest BCUT2D eigenvalue weighted by molar-refractivity contribution is 6.93. The van der Waals surface area contributed by atoms with E-state index in [0.29, 0.717) is 6.61 Å². The fourth-order valence-electron chi connectivity index (χ4n) is 3.27. The largest absolute Gasteiger partial charge is 0.463 e. The summed E-state index contributed by atoms with van der Waals surface area (Å²) in [5, 5.41) is 0. The van der Waals surface area contributed by atoms with Gasteiger partial charge in [0.05, 0.1) is 6.61 Å². The number of rotatable bonds is 9. The number of hydrogen-bond donors (Lipinski definition) is 0. The monoisotopic (exact) mass is 376 g/mol. The molecule has 0 aromatic heterocycles. The maximum atomic E-state index is 11.1. The highest BCUT2D eigenvalue weighted by Crippen LogP contribution is 2.37. The van der Waals surface area contributed by atoms with E-state index in [2.05, 4.69) is 40.1 Å². The van der Waals surface area contributed by atoms with Crippen LogP contribution >= 0.6 is 0 Å². The van der Waals surface area contributed by atoms with Crippen molar-refractivity contribution >= 4 is 31.7 Å². The molecule has 1 saturated heterocycles. The van der Waals surface area contributed by atoms with E-state index in [1.807, 2.05) is 0 Å². The van der Waals surface area contributed by atoms with E-state index in [0.717, 1.165) is 37.4 Å². The number of carbonyl (C=O) groups excluding carboxylic acids is 1. The predicted molar refractivity (Wildman–Crippen MR) is 98.9 cm³/mol. The minimum Gasteiger partial charge on any atom is -0.463 e. The summed E-state index contributed by atoms with van der Waals surface area (Å²) in [4.78, 5) is 11.1. The summed E-state index contributed by atoms with van der Waals surface area (Å²) in [6, 6.07) is 2.85. The fraction of sp³-hybridized carbons (Fsp3) is 0.800. The molecule has 0 N–H and O–H groups in total. The van der Waals surface area contributed by atoms with E-state index in [1.54, 1.807) is 0 Å². The topological polar surface area (TPSA) is 54.0 Å². The summed E-state index contributed by atoms with van der Waals surface area (Å²) >= 11 is 0. The number of ether oxygens (including phenoxy) is 1. The molecule has 5 nitrogen and oxygen atoms in total. The molecule has 0 saturated carbocycles. The van der Waals surface area contributed by atoms with Crippen LogP contribution < -0.4 is 0 Å². The molecule has 2 unspecified atom stereocenters. The first-order valence-electron chi connectivity index (χ1n) is 8.59. The highest BCUT2D eigenvalue weighted by atomic mass is 28.5. The molecule has 0 bridgehead atoms. The first-order chi connectivity index (χ1) is 10.7. The van der Waals surface area contributed by atoms with Crippen molar-refractivity contribution in [3.63, 3.8) is 0 Å². The molecule has 1 aliphatic heterocycles. The fourth-order valence-corrected chi connectivity index (χ4v) is 20.9. The van der Waals surface area contributed by atoms with Crippen molar-refractivity contribution in [1.29, 1.82) is 0 Å². The van der Waals surface area contributed by atoms with Gasteiger partial charge in [-0.1, -0.05) is 33.3 Å². The minimum atomic E-state index is -2.28. The third-order valence-corrected chi connectivity index (χ3v) is 18.3. The first-order valence-corrected chi connectivity index (χ1v) is 16.2. The lowest BCUT2D eigenvalue weighted by molar-refractivity contribution is -0.137. The van der Waals surface area contributed by atoms with Gasteiger partial charge in [-0.3, -0.25) is 0 Å². The second-order valence-electron chi connectivity index (χ2n) is 6.68. The van der Waals surface area contributed by atoms with E-state index in [1.165, 1.54) is 6.08 Å². The van der Waals surface area contributed by atoms with Gasteiger partial charge in [-0.15, -0.1) is 0 Å². The molecule has 1 rings (SSSR count). The summed E-state index contributed by atoms with van der Waals surface area (Å²) in [6.45, 7) is 14.6. The van der Waals surface area contributed by atoms with Crippen molar-refractivity contribution in [2.45, 2.75) is 70.9 Å². The minimum absolute atomic E-state index is 0.374. The molecule has 0 spiro atoms. The number of esters is 1. The van der Waals surface area contributed by atoms with Gasteiger partial charge in [0.25, 0.3) is 0 Å². The van der Waals surface area contributed by atoms with Gasteiger partial charge < -0.3 is 17.1 Å². The van der Waals surface area contributed by atoms with Crippen molar-refractivity contribution in [2.24, 2.45) is 0 Å². The predicted octanol–water partition coefficient (Wildman–Crippen LogP) is 4.21. The molecule has 1 heterocycles. The summed E-state index contributed by atoms with van der Waals surface area (Å²) in [5.41, 5.74) is 0. The first kappa shape index (κ1) is 20.8. The Balaban J connectivity index is 2.73. The Morgan fingerprint density at radius 3 is 1.78 bits per heavy atom. The standard InChI is InChI=1S/C15H32O5Si3/c1-7-12-21(4)18-22(5,13-8-2)20-23(6,19-21)14-10-11-17-15(16)9-3/h9H,3,7-8,10-14H2,1-2,4-6H3. The quantitative estimate of drug-likeness (QED) is 0.261. The zero-order valence-corrected chi connectivity index (χ0v) is 18.3. The molecule has 2 atom stereocenters. The normalized spacial score (nSPS) is 34.1. The van der Waals surface area contributed by atoms with E-state index >= 15 is 0 Å². The van der Waals surface area contributed by atoms with Gasteiger partial charge in [0.15, 0.2) is 0 Å². The van der Waals surface area contributed by atoms with Gasteiger partial charge in [0.1, 0.15) is 0 Å². The molecular weight excluding hydrogens is 344 g/mol. The van der Waals surface area contributed by atoms with Crippen molar-refractivity contribution < 1.29 is 21.9 Å². The smallest absolute Gasteiger partial charge is 0.330 e. The molecular formula is C15H32O5Si3. The highest BCUT2D eigenvalue weighted by Gasteiger charge is 2.55. The van der Waals surface area contributed by atoms with Gasteiger partial charge in [0, 0.05) is 6.08 Å². The summed E-state index contributed by atoms with van der Waals surface area (Å²) in [6.07, 6.45) is 4.09. The van der Waals surface area contributed by atoms with E-state index in [4.69, 9.17) is 17.1 Å². The maximum Gasteiger partial charge on any atom is 0.330 e. The van der Waals surface area contributed by atoms with Crippen LogP contribution in [0.4, 0.5) is 0 Å². The molecule has 0 radical (unpaired) electrons. The van der Waals surface area contributed by atoms with Gasteiger partial charge in [-0.25, -0.2) is 4.79 Å². The molecule has 0 aromatic rings. The third kappa shape index (κ3) is 6.63. The average Bonchev–Trinajstić information content (AvgIpc) is 2.41. The third-order valence-electron chi connectivity index (χ3n) is 3.89. The lowest BCUT2D eigenvalue weighted by atomic mass is 10.5. The van der Waals surface area contributed by atoms with Gasteiger partial charge in [0.2, 0.25) is 0 Å². The Bertz CT molecular complexity index is 400. The molecule has 0 aliphatic carbocycles. The molecule has 8 heteroatoms. The van der Waals surface area contributed by atoms with Crippen LogP contribution in [0, 0.1) is 0 Å². The average molecular weight is 377 g/mol. The molecule has 1 fully saturated rings. The molecule has 134 valence electrons. The van der Waals surface area contributed by atoms with Crippen LogP contribution in [0.5, 0.6) is 0 Å². The summed E-state index contributed by atoms with van der Waals surface area (Å²) in [5.74, 6) is -0.374. The van der Waals surface area contributed by atoms with Gasteiger partial charge in [-0.05, 0) is 44.2 Å². The van der Waals surface area contributed by atoms with Crippen molar-refractivity contribution in [3.8, 4) is 0 Å². The number of carbonyl (C=O) groups is 1. The molecule has 23 heavy (non-hydrogen) atoms. The zero-order valence-electron chi connectivity index (χ0n) is 15.3. The van der Waals surface area contributed by atoms with Crippen LogP contribution in [-0.2, 0) is 21.9 Å². The van der Waals surface area contributed by atoms with E-state index < -0.39 is 25.7 Å². The lowest BCUT2D eigenvalue weighted by Gasteiger charge is -2.50. The van der Waals surface area contributed by atoms with Crippen LogP contribution in [0.1, 0.15) is 33.1 Å². The Morgan fingerprint density at radius 2 is 1.39 bits per heavy atom. The van der Waals surface area contributed by atoms with Crippen LogP contribution in [0.15, 0.2) is 12.7 Å². The summed E-state index contributed by atoms with van der Waals surface area (Å²) in [7, 11) is -6.60. The van der Waals surface area contributed by atoms with E-state index in [9.17, 15) is 4.79 Å². The second kappa shape index (κ2) is 8.72. The van der Waals surface area contributed by atoms with Crippen LogP contribution in [0.2, 0.25) is 37.8 Å². The Kier molecular flexibility index (Phi) is 7.88. The Morgan fingerprint density at radius 1 is 0.957 bits per heavy atom. The van der Waals surface area contributed by atoms with Crippen LogP contribution in [-0.4, -0.2) is 38.3 Å². The number of hydrogen-bond acceptors (Lipinski definition) is 5. The van der Waals surface area contributed by atoms with Gasteiger partial charge in [-0.2, -0.15) is 0 Å². The molecule has 0 amide bonds. The lowest BCUT2D eigenvalue weighted by Crippen LogP contribution is -2.67. The molecule has 0 aromatic carbocycles. The second-order valence-corrected chi connectivity index (χ2v) is 17.4. The Labute approximate surface area is 144 Å². The van der Waals surface area contributed by atoms with E-state index in [-0.39, 0.29) is 5.97 Å². The van der Waals surface area contributed by atoms with Crippen molar-refractivity contribution in [2.75, 3.05) is 6.61 Å². The van der Waals surface area contributed by atoms with Crippen LogP contribution in [0.25, 0.3) is 0 Å².